The van der Waals surface area contributed by atoms with Gasteiger partial charge in [0.2, 0.25) is 0 Å². The molecule has 1 unspecified atom stereocenters. The minimum atomic E-state index is -3.07. The van der Waals surface area contributed by atoms with Gasteiger partial charge in [0.1, 0.15) is 34.7 Å². The summed E-state index contributed by atoms with van der Waals surface area (Å²) in [5, 5.41) is 5.11. The van der Waals surface area contributed by atoms with Crippen LogP contribution in [-0.4, -0.2) is 41.8 Å². The van der Waals surface area contributed by atoms with Crippen LogP contribution in [0.5, 0.6) is 0 Å². The molecule has 7 nitrogen and oxygen atoms in total. The first-order chi connectivity index (χ1) is 12.2. The maximum atomic E-state index is 13.7. The van der Waals surface area contributed by atoms with Gasteiger partial charge in [0, 0.05) is 12.1 Å². The average molecular weight is 382 g/mol. The summed E-state index contributed by atoms with van der Waals surface area (Å²) >= 11 is 0. The van der Waals surface area contributed by atoms with Crippen molar-refractivity contribution in [1.82, 2.24) is 9.97 Å². The molecular weight excluding hydrogens is 366 g/mol. The lowest BCUT2D eigenvalue weighted by molar-refractivity contribution is 0.102. The Balaban J connectivity index is 1.80. The van der Waals surface area contributed by atoms with E-state index in [9.17, 15) is 22.0 Å². The van der Waals surface area contributed by atoms with Gasteiger partial charge in [-0.3, -0.25) is 4.79 Å². The monoisotopic (exact) mass is 382 g/mol. The van der Waals surface area contributed by atoms with Crippen molar-refractivity contribution in [2.24, 2.45) is 0 Å². The van der Waals surface area contributed by atoms with Crippen molar-refractivity contribution >= 4 is 27.2 Å². The van der Waals surface area contributed by atoms with Crippen LogP contribution in [0.2, 0.25) is 0 Å². The van der Waals surface area contributed by atoms with E-state index in [1.807, 2.05) is 0 Å². The fraction of sp³-hybridized carbons (Fsp3) is 0.312. The molecule has 138 valence electrons. The SMILES string of the molecule is Cc1nc(NC2CCS(=O)(=O)C2)cc(C(=O)Nc2c(F)cccc2F)n1. The lowest BCUT2D eigenvalue weighted by atomic mass is 10.2. The number of aryl methyl sites for hydroxylation is 1. The van der Waals surface area contributed by atoms with Gasteiger partial charge in [-0.15, -0.1) is 0 Å². The molecule has 0 saturated carbocycles. The number of benzene rings is 1. The Kier molecular flexibility index (Phi) is 4.86. The predicted octanol–water partition coefficient (Wildman–Crippen LogP) is 1.91. The normalized spacial score (nSPS) is 18.5. The topological polar surface area (TPSA) is 101 Å². The van der Waals surface area contributed by atoms with Crippen molar-refractivity contribution in [3.63, 3.8) is 0 Å². The number of halogens is 2. The van der Waals surface area contributed by atoms with E-state index in [1.54, 1.807) is 6.92 Å². The van der Waals surface area contributed by atoms with Crippen molar-refractivity contribution in [3.8, 4) is 0 Å². The fourth-order valence-electron chi connectivity index (χ4n) is 2.67. The third kappa shape index (κ3) is 4.13. The maximum absolute atomic E-state index is 13.7. The van der Waals surface area contributed by atoms with Gasteiger partial charge >= 0.3 is 0 Å². The van der Waals surface area contributed by atoms with Crippen molar-refractivity contribution in [2.45, 2.75) is 19.4 Å². The molecule has 10 heteroatoms. The summed E-state index contributed by atoms with van der Waals surface area (Å²) in [5.41, 5.74) is -0.659. The molecule has 0 spiro atoms. The quantitative estimate of drug-likeness (QED) is 0.838. The molecule has 2 N–H and O–H groups in total. The highest BCUT2D eigenvalue weighted by atomic mass is 32.2. The maximum Gasteiger partial charge on any atom is 0.274 e. The number of carbonyl (C=O) groups excluding carboxylic acids is 1. The van der Waals surface area contributed by atoms with Crippen LogP contribution in [0.25, 0.3) is 0 Å². The average Bonchev–Trinajstić information content (AvgIpc) is 2.89. The molecule has 0 bridgehead atoms. The van der Waals surface area contributed by atoms with Crippen LogP contribution in [0, 0.1) is 18.6 Å². The molecule has 0 aliphatic carbocycles. The molecule has 1 aliphatic heterocycles. The Bertz CT molecular complexity index is 946. The second kappa shape index (κ2) is 6.94. The summed E-state index contributed by atoms with van der Waals surface area (Å²) in [7, 11) is -3.07. The van der Waals surface area contributed by atoms with Gasteiger partial charge in [-0.25, -0.2) is 27.2 Å². The third-order valence-electron chi connectivity index (χ3n) is 3.86. The highest BCUT2D eigenvalue weighted by Gasteiger charge is 2.28. The predicted molar refractivity (Wildman–Crippen MR) is 91.8 cm³/mol. The number of aromatic nitrogens is 2. The van der Waals surface area contributed by atoms with Crippen molar-refractivity contribution in [3.05, 3.63) is 47.4 Å². The van der Waals surface area contributed by atoms with E-state index >= 15 is 0 Å². The molecule has 1 saturated heterocycles. The molecule has 1 aromatic carbocycles. The smallest absolute Gasteiger partial charge is 0.274 e. The third-order valence-corrected chi connectivity index (χ3v) is 5.62. The Hall–Kier alpha value is -2.62. The zero-order valence-corrected chi connectivity index (χ0v) is 14.6. The van der Waals surface area contributed by atoms with Crippen LogP contribution in [0.4, 0.5) is 20.3 Å². The second-order valence-corrected chi connectivity index (χ2v) is 8.21. The molecule has 1 atom stereocenters. The van der Waals surface area contributed by atoms with Crippen LogP contribution in [0.3, 0.4) is 0 Å². The van der Waals surface area contributed by atoms with Crippen LogP contribution in [0.15, 0.2) is 24.3 Å². The lowest BCUT2D eigenvalue weighted by Gasteiger charge is -2.13. The van der Waals surface area contributed by atoms with Crippen molar-refractivity contribution < 1.29 is 22.0 Å². The molecule has 2 aromatic rings. The highest BCUT2D eigenvalue weighted by molar-refractivity contribution is 7.91. The molecule has 26 heavy (non-hydrogen) atoms. The number of rotatable bonds is 4. The summed E-state index contributed by atoms with van der Waals surface area (Å²) in [6, 6.07) is 4.24. The lowest BCUT2D eigenvalue weighted by Crippen LogP contribution is -2.23. The molecule has 2 heterocycles. The molecule has 1 aromatic heterocycles. The Morgan fingerprint density at radius 1 is 1.23 bits per heavy atom. The van der Waals surface area contributed by atoms with E-state index in [2.05, 4.69) is 20.6 Å². The largest absolute Gasteiger partial charge is 0.366 e. The molecule has 1 fully saturated rings. The van der Waals surface area contributed by atoms with E-state index < -0.39 is 33.1 Å². The summed E-state index contributed by atoms with van der Waals surface area (Å²) in [5.74, 6) is -2.00. The van der Waals surface area contributed by atoms with Gasteiger partial charge in [0.15, 0.2) is 9.84 Å². The molecular formula is C16H16F2N4O3S. The number of para-hydroxylation sites is 1. The van der Waals surface area contributed by atoms with Crippen LogP contribution < -0.4 is 10.6 Å². The number of hydrogen-bond acceptors (Lipinski definition) is 6. The van der Waals surface area contributed by atoms with E-state index in [0.717, 1.165) is 12.1 Å². The van der Waals surface area contributed by atoms with Crippen LogP contribution in [-0.2, 0) is 9.84 Å². The zero-order valence-electron chi connectivity index (χ0n) is 13.8. The summed E-state index contributed by atoms with van der Waals surface area (Å²) in [6.07, 6.45) is 0.438. The first kappa shape index (κ1) is 18.2. The fourth-order valence-corrected chi connectivity index (χ4v) is 4.34. The number of nitrogens with one attached hydrogen (secondary N) is 2. The Morgan fingerprint density at radius 3 is 2.54 bits per heavy atom. The van der Waals surface area contributed by atoms with E-state index in [-0.39, 0.29) is 34.9 Å². The van der Waals surface area contributed by atoms with Crippen LogP contribution >= 0.6 is 0 Å². The van der Waals surface area contributed by atoms with Gasteiger partial charge in [-0.05, 0) is 25.5 Å². The number of hydrogen-bond donors (Lipinski definition) is 2. The van der Waals surface area contributed by atoms with Gasteiger partial charge in [0.25, 0.3) is 5.91 Å². The highest BCUT2D eigenvalue weighted by Crippen LogP contribution is 2.20. The molecule has 1 amide bonds. The standard InChI is InChI=1S/C16H16F2N4O3S/c1-9-19-13(16(23)22-15-11(17)3-2-4-12(15)18)7-14(20-9)21-10-5-6-26(24,25)8-10/h2-4,7,10H,5-6,8H2,1H3,(H,22,23)(H,19,20,21). The summed E-state index contributed by atoms with van der Waals surface area (Å²) in [6.45, 7) is 1.55. The summed E-state index contributed by atoms with van der Waals surface area (Å²) < 4.78 is 50.4. The minimum Gasteiger partial charge on any atom is -0.366 e. The Morgan fingerprint density at radius 2 is 1.92 bits per heavy atom. The zero-order chi connectivity index (χ0) is 18.9. The van der Waals surface area contributed by atoms with E-state index in [1.165, 1.54) is 12.1 Å². The number of carbonyl (C=O) groups is 1. The molecule has 3 rings (SSSR count). The van der Waals surface area contributed by atoms with Crippen molar-refractivity contribution in [2.75, 3.05) is 22.1 Å². The van der Waals surface area contributed by atoms with Gasteiger partial charge in [-0.1, -0.05) is 6.07 Å². The second-order valence-electron chi connectivity index (χ2n) is 5.98. The number of nitrogens with zero attached hydrogens (tertiary/aromatic N) is 2. The number of amides is 1. The van der Waals surface area contributed by atoms with E-state index in [4.69, 9.17) is 0 Å². The number of anilines is 2. The first-order valence-corrected chi connectivity index (χ1v) is 9.64. The Labute approximate surface area is 148 Å². The first-order valence-electron chi connectivity index (χ1n) is 7.81. The van der Waals surface area contributed by atoms with Crippen molar-refractivity contribution in [1.29, 1.82) is 0 Å². The van der Waals surface area contributed by atoms with Crippen LogP contribution in [0.1, 0.15) is 22.7 Å². The summed E-state index contributed by atoms with van der Waals surface area (Å²) in [4.78, 5) is 20.4. The molecule has 0 radical (unpaired) electrons. The van der Waals surface area contributed by atoms with Gasteiger partial charge < -0.3 is 10.6 Å². The van der Waals surface area contributed by atoms with Gasteiger partial charge in [-0.2, -0.15) is 0 Å². The van der Waals surface area contributed by atoms with E-state index in [0.29, 0.717) is 6.42 Å². The number of sulfone groups is 1. The minimum absolute atomic E-state index is 0.0159. The van der Waals surface area contributed by atoms with Gasteiger partial charge in [0.05, 0.1) is 11.5 Å². The molecule has 1 aliphatic rings.